The number of nitrogens with one attached hydrogen (secondary N) is 1. The van der Waals surface area contributed by atoms with E-state index in [1.54, 1.807) is 0 Å². The number of ether oxygens (including phenoxy) is 1. The number of methoxy groups -OCH3 is 1. The third-order valence-corrected chi connectivity index (χ3v) is 4.39. The number of hydrogen-bond acceptors (Lipinski definition) is 3. The zero-order chi connectivity index (χ0) is 13.6. The van der Waals surface area contributed by atoms with Gasteiger partial charge in [0.1, 0.15) is 0 Å². The largest absolute Gasteiger partial charge is 0.379 e. The molecule has 1 fully saturated rings. The quantitative estimate of drug-likeness (QED) is 0.757. The van der Waals surface area contributed by atoms with Crippen LogP contribution < -0.4 is 5.32 Å². The Balaban J connectivity index is 2.38. The van der Waals surface area contributed by atoms with Gasteiger partial charge in [-0.25, -0.2) is 0 Å². The zero-order valence-corrected chi connectivity index (χ0v) is 13.0. The second-order valence-electron chi connectivity index (χ2n) is 6.14. The molecule has 0 aliphatic carbocycles. The minimum atomic E-state index is 0.0141. The fourth-order valence-electron chi connectivity index (χ4n) is 2.78. The van der Waals surface area contributed by atoms with Gasteiger partial charge >= 0.3 is 0 Å². The molecule has 1 aliphatic rings. The molecule has 0 aromatic carbocycles. The molecule has 0 aromatic rings. The SMILES string of the molecule is CCNC1CCN(CCC(C)(C)OC)CC1CC. The first-order valence-corrected chi connectivity index (χ1v) is 7.53. The van der Waals surface area contributed by atoms with Gasteiger partial charge in [0.25, 0.3) is 0 Å². The third-order valence-electron chi connectivity index (χ3n) is 4.39. The van der Waals surface area contributed by atoms with E-state index in [0.29, 0.717) is 0 Å². The standard InChI is InChI=1S/C15H32N2O/c1-6-13-12-17(10-8-14(13)16-7-2)11-9-15(3,4)18-5/h13-14,16H,6-12H2,1-5H3. The first-order valence-electron chi connectivity index (χ1n) is 7.53. The summed E-state index contributed by atoms with van der Waals surface area (Å²) in [4.78, 5) is 2.61. The molecule has 0 radical (unpaired) electrons. The van der Waals surface area contributed by atoms with Gasteiger partial charge in [-0.05, 0) is 45.7 Å². The van der Waals surface area contributed by atoms with Gasteiger partial charge in [-0.2, -0.15) is 0 Å². The van der Waals surface area contributed by atoms with Crippen LogP contribution in [-0.4, -0.2) is 49.8 Å². The van der Waals surface area contributed by atoms with Crippen molar-refractivity contribution >= 4 is 0 Å². The Morgan fingerprint density at radius 1 is 1.33 bits per heavy atom. The first-order chi connectivity index (χ1) is 8.52. The van der Waals surface area contributed by atoms with Gasteiger partial charge in [0.05, 0.1) is 5.60 Å². The Hall–Kier alpha value is -0.120. The topological polar surface area (TPSA) is 24.5 Å². The smallest absolute Gasteiger partial charge is 0.0634 e. The van der Waals surface area contributed by atoms with Crippen LogP contribution in [0.1, 0.15) is 47.0 Å². The van der Waals surface area contributed by atoms with Gasteiger partial charge < -0.3 is 15.0 Å². The second-order valence-corrected chi connectivity index (χ2v) is 6.14. The highest BCUT2D eigenvalue weighted by Gasteiger charge is 2.28. The van der Waals surface area contributed by atoms with E-state index >= 15 is 0 Å². The van der Waals surface area contributed by atoms with Crippen LogP contribution >= 0.6 is 0 Å². The summed E-state index contributed by atoms with van der Waals surface area (Å²) in [6, 6.07) is 0.728. The molecule has 1 heterocycles. The molecule has 108 valence electrons. The lowest BCUT2D eigenvalue weighted by molar-refractivity contribution is 0.00260. The zero-order valence-electron chi connectivity index (χ0n) is 13.0. The maximum atomic E-state index is 5.50. The monoisotopic (exact) mass is 256 g/mol. The van der Waals surface area contributed by atoms with E-state index in [2.05, 4.69) is 37.9 Å². The summed E-state index contributed by atoms with van der Waals surface area (Å²) in [5.41, 5.74) is 0.0141. The Labute approximate surface area is 113 Å². The summed E-state index contributed by atoms with van der Waals surface area (Å²) < 4.78 is 5.50. The van der Waals surface area contributed by atoms with Crippen molar-refractivity contribution in [3.63, 3.8) is 0 Å². The molecule has 0 bridgehead atoms. The number of nitrogens with zero attached hydrogens (tertiary/aromatic N) is 1. The van der Waals surface area contributed by atoms with Gasteiger partial charge in [-0.15, -0.1) is 0 Å². The van der Waals surface area contributed by atoms with Crippen LogP contribution in [0, 0.1) is 5.92 Å². The number of piperidine rings is 1. The van der Waals surface area contributed by atoms with Crippen LogP contribution in [0.25, 0.3) is 0 Å². The molecule has 3 heteroatoms. The molecular weight excluding hydrogens is 224 g/mol. The molecule has 0 spiro atoms. The van der Waals surface area contributed by atoms with Gasteiger partial charge in [-0.3, -0.25) is 0 Å². The minimum absolute atomic E-state index is 0.0141. The summed E-state index contributed by atoms with van der Waals surface area (Å²) in [7, 11) is 1.81. The maximum absolute atomic E-state index is 5.50. The van der Waals surface area contributed by atoms with Gasteiger partial charge in [0, 0.05) is 26.2 Å². The van der Waals surface area contributed by atoms with Crippen LogP contribution in [0.4, 0.5) is 0 Å². The van der Waals surface area contributed by atoms with Crippen molar-refractivity contribution < 1.29 is 4.74 Å². The summed E-state index contributed by atoms with van der Waals surface area (Å²) in [6.07, 6.45) is 3.69. The van der Waals surface area contributed by atoms with Gasteiger partial charge in [-0.1, -0.05) is 20.3 Å². The van der Waals surface area contributed by atoms with E-state index in [-0.39, 0.29) is 5.60 Å². The highest BCUT2D eigenvalue weighted by atomic mass is 16.5. The predicted octanol–water partition coefficient (Wildman–Crippen LogP) is 2.51. The lowest BCUT2D eigenvalue weighted by Crippen LogP contribution is -2.49. The van der Waals surface area contributed by atoms with Crippen LogP contribution in [0.5, 0.6) is 0 Å². The summed E-state index contributed by atoms with van der Waals surface area (Å²) >= 11 is 0. The molecule has 1 rings (SSSR count). The summed E-state index contributed by atoms with van der Waals surface area (Å²) in [6.45, 7) is 13.6. The molecule has 0 aromatic heterocycles. The van der Waals surface area contributed by atoms with Crippen molar-refractivity contribution in [2.45, 2.75) is 58.6 Å². The number of rotatable bonds is 7. The lowest BCUT2D eigenvalue weighted by atomic mass is 9.89. The molecule has 0 saturated carbocycles. The fraction of sp³-hybridized carbons (Fsp3) is 1.00. The Morgan fingerprint density at radius 2 is 2.06 bits per heavy atom. The summed E-state index contributed by atoms with van der Waals surface area (Å²) in [5.74, 6) is 0.810. The van der Waals surface area contributed by atoms with Crippen molar-refractivity contribution in [1.82, 2.24) is 10.2 Å². The maximum Gasteiger partial charge on any atom is 0.0634 e. The van der Waals surface area contributed by atoms with Crippen molar-refractivity contribution in [3.05, 3.63) is 0 Å². The van der Waals surface area contributed by atoms with Crippen LogP contribution in [0.3, 0.4) is 0 Å². The van der Waals surface area contributed by atoms with Crippen molar-refractivity contribution in [3.8, 4) is 0 Å². The van der Waals surface area contributed by atoms with Crippen molar-refractivity contribution in [2.24, 2.45) is 5.92 Å². The van der Waals surface area contributed by atoms with Gasteiger partial charge in [0.15, 0.2) is 0 Å². The molecule has 0 amide bonds. The molecule has 2 atom stereocenters. The molecule has 1 aliphatic heterocycles. The Bertz CT molecular complexity index is 231. The fourth-order valence-corrected chi connectivity index (χ4v) is 2.78. The molecule has 2 unspecified atom stereocenters. The third kappa shape index (κ3) is 4.87. The van der Waals surface area contributed by atoms with Gasteiger partial charge in [0.2, 0.25) is 0 Å². The van der Waals surface area contributed by atoms with Crippen molar-refractivity contribution in [1.29, 1.82) is 0 Å². The Kier molecular flexibility index (Phi) is 6.61. The van der Waals surface area contributed by atoms with E-state index in [4.69, 9.17) is 4.74 Å². The summed E-state index contributed by atoms with van der Waals surface area (Å²) in [5, 5.41) is 3.64. The first kappa shape index (κ1) is 15.9. The average Bonchev–Trinajstić information content (AvgIpc) is 2.38. The predicted molar refractivity (Wildman–Crippen MR) is 78.0 cm³/mol. The van der Waals surface area contributed by atoms with E-state index in [1.807, 2.05) is 7.11 Å². The molecule has 3 nitrogen and oxygen atoms in total. The van der Waals surface area contributed by atoms with Crippen LogP contribution in [0.15, 0.2) is 0 Å². The van der Waals surface area contributed by atoms with Crippen LogP contribution in [-0.2, 0) is 4.74 Å². The second kappa shape index (κ2) is 7.46. The van der Waals surface area contributed by atoms with E-state index in [1.165, 1.54) is 25.9 Å². The normalized spacial score (nSPS) is 26.5. The Morgan fingerprint density at radius 3 is 2.61 bits per heavy atom. The lowest BCUT2D eigenvalue weighted by Gasteiger charge is -2.39. The molecule has 1 saturated heterocycles. The minimum Gasteiger partial charge on any atom is -0.379 e. The van der Waals surface area contributed by atoms with Crippen LogP contribution in [0.2, 0.25) is 0 Å². The molecule has 18 heavy (non-hydrogen) atoms. The highest BCUT2D eigenvalue weighted by Crippen LogP contribution is 2.22. The van der Waals surface area contributed by atoms with E-state index in [0.717, 1.165) is 31.5 Å². The number of likely N-dealkylation sites (tertiary alicyclic amines) is 1. The van der Waals surface area contributed by atoms with Crippen molar-refractivity contribution in [2.75, 3.05) is 33.3 Å². The number of hydrogen-bond donors (Lipinski definition) is 1. The average molecular weight is 256 g/mol. The van der Waals surface area contributed by atoms with E-state index in [9.17, 15) is 0 Å². The molecular formula is C15H32N2O. The van der Waals surface area contributed by atoms with E-state index < -0.39 is 0 Å². The highest BCUT2D eigenvalue weighted by molar-refractivity contribution is 4.85. The molecule has 1 N–H and O–H groups in total.